The van der Waals surface area contributed by atoms with Crippen molar-refractivity contribution in [2.45, 2.75) is 44.2 Å². The quantitative estimate of drug-likeness (QED) is 0.819. The molecule has 0 spiro atoms. The van der Waals surface area contributed by atoms with Crippen molar-refractivity contribution in [3.8, 4) is 0 Å². The first-order chi connectivity index (χ1) is 10.6. The number of carbonyl (C=O) groups excluding carboxylic acids is 2. The summed E-state index contributed by atoms with van der Waals surface area (Å²) in [6.45, 7) is 6.27. The molecule has 2 rings (SSSR count). The first-order valence-corrected chi connectivity index (χ1v) is 8.07. The Morgan fingerprint density at radius 1 is 1.35 bits per heavy atom. The Bertz CT molecular complexity index is 622. The SMILES string of the molecule is Cn1nc2c(c1NC(=O)C(Cl)Cl)CN(C(=O)OC(C)(C)C)CC2. The normalized spacial score (nSPS) is 14.7. The average molecular weight is 363 g/mol. The zero-order chi connectivity index (χ0) is 17.4. The van der Waals surface area contributed by atoms with Crippen LogP contribution in [-0.4, -0.2) is 43.7 Å². The number of fused-ring (bicyclic) bond motifs is 1. The van der Waals surface area contributed by atoms with Crippen LogP contribution in [0.1, 0.15) is 32.0 Å². The summed E-state index contributed by atoms with van der Waals surface area (Å²) in [6, 6.07) is 0. The number of carbonyl (C=O) groups is 2. The van der Waals surface area contributed by atoms with E-state index in [1.807, 2.05) is 20.8 Å². The standard InChI is InChI=1S/C14H20Cl2N4O3/c1-14(2,3)23-13(22)20-6-5-9-8(7-20)11(19(4)18-9)17-12(21)10(15)16/h10H,5-7H2,1-4H3,(H,17,21). The maximum atomic E-state index is 12.2. The number of hydrogen-bond donors (Lipinski definition) is 1. The number of amides is 2. The second-order valence-electron chi connectivity index (χ2n) is 6.34. The molecule has 7 nitrogen and oxygen atoms in total. The van der Waals surface area contributed by atoms with E-state index < -0.39 is 22.4 Å². The molecule has 1 aliphatic heterocycles. The van der Waals surface area contributed by atoms with Gasteiger partial charge < -0.3 is 15.0 Å². The highest BCUT2D eigenvalue weighted by atomic mass is 35.5. The van der Waals surface area contributed by atoms with Crippen LogP contribution < -0.4 is 5.32 Å². The first kappa shape index (κ1) is 17.9. The van der Waals surface area contributed by atoms with Gasteiger partial charge in [-0.05, 0) is 20.8 Å². The molecule has 0 saturated carbocycles. The van der Waals surface area contributed by atoms with E-state index in [4.69, 9.17) is 27.9 Å². The summed E-state index contributed by atoms with van der Waals surface area (Å²) in [5.41, 5.74) is 1.05. The summed E-state index contributed by atoms with van der Waals surface area (Å²) in [4.78, 5) is 24.4. The van der Waals surface area contributed by atoms with E-state index in [-0.39, 0.29) is 0 Å². The lowest BCUT2D eigenvalue weighted by Crippen LogP contribution is -2.40. The monoisotopic (exact) mass is 362 g/mol. The van der Waals surface area contributed by atoms with Crippen LogP contribution in [0.3, 0.4) is 0 Å². The van der Waals surface area contributed by atoms with Crippen LogP contribution >= 0.6 is 23.2 Å². The number of ether oxygens (including phenoxy) is 1. The number of anilines is 1. The lowest BCUT2D eigenvalue weighted by molar-refractivity contribution is -0.114. The molecule has 0 unspecified atom stereocenters. The molecule has 0 saturated heterocycles. The van der Waals surface area contributed by atoms with Crippen LogP contribution in [0.4, 0.5) is 10.6 Å². The highest BCUT2D eigenvalue weighted by molar-refractivity contribution is 6.54. The molecule has 0 bridgehead atoms. The van der Waals surface area contributed by atoms with Crippen LogP contribution in [0.5, 0.6) is 0 Å². The third-order valence-electron chi connectivity index (χ3n) is 3.29. The second-order valence-corrected chi connectivity index (χ2v) is 7.44. The number of nitrogens with one attached hydrogen (secondary N) is 1. The summed E-state index contributed by atoms with van der Waals surface area (Å²) < 4.78 is 6.94. The van der Waals surface area contributed by atoms with Crippen molar-refractivity contribution >= 4 is 41.0 Å². The lowest BCUT2D eigenvalue weighted by Gasteiger charge is -2.29. The van der Waals surface area contributed by atoms with Crippen molar-refractivity contribution in [3.05, 3.63) is 11.3 Å². The average Bonchev–Trinajstić information content (AvgIpc) is 2.72. The lowest BCUT2D eigenvalue weighted by atomic mass is 10.1. The summed E-state index contributed by atoms with van der Waals surface area (Å²) in [5, 5.41) is 7.01. The van der Waals surface area contributed by atoms with Gasteiger partial charge in [-0.1, -0.05) is 23.2 Å². The van der Waals surface area contributed by atoms with Crippen LogP contribution in [0.15, 0.2) is 0 Å². The number of nitrogens with zero attached hydrogens (tertiary/aromatic N) is 3. The van der Waals surface area contributed by atoms with E-state index in [9.17, 15) is 9.59 Å². The molecule has 23 heavy (non-hydrogen) atoms. The molecular weight excluding hydrogens is 343 g/mol. The predicted octanol–water partition coefficient (Wildman–Crippen LogP) is 2.46. The van der Waals surface area contributed by atoms with Crippen molar-refractivity contribution in [2.75, 3.05) is 11.9 Å². The van der Waals surface area contributed by atoms with E-state index >= 15 is 0 Å². The smallest absolute Gasteiger partial charge is 0.410 e. The van der Waals surface area contributed by atoms with Crippen LogP contribution in [0.2, 0.25) is 0 Å². The van der Waals surface area contributed by atoms with Gasteiger partial charge in [0.25, 0.3) is 5.91 Å². The molecule has 1 aliphatic rings. The Morgan fingerprint density at radius 2 is 2.00 bits per heavy atom. The van der Waals surface area contributed by atoms with E-state index in [0.717, 1.165) is 11.3 Å². The number of halogens is 2. The Kier molecular flexibility index (Phi) is 5.10. The summed E-state index contributed by atoms with van der Waals surface area (Å²) in [5.74, 6) is -0.0434. The molecule has 0 aliphatic carbocycles. The highest BCUT2D eigenvalue weighted by Gasteiger charge is 2.30. The van der Waals surface area contributed by atoms with Gasteiger partial charge in [-0.2, -0.15) is 5.10 Å². The van der Waals surface area contributed by atoms with Gasteiger partial charge in [0.05, 0.1) is 12.2 Å². The van der Waals surface area contributed by atoms with E-state index in [0.29, 0.717) is 25.3 Å². The molecule has 2 amide bonds. The summed E-state index contributed by atoms with van der Waals surface area (Å²) >= 11 is 11.1. The number of aryl methyl sites for hydroxylation is 1. The molecule has 0 aromatic carbocycles. The van der Waals surface area contributed by atoms with Crippen LogP contribution in [-0.2, 0) is 29.5 Å². The highest BCUT2D eigenvalue weighted by Crippen LogP contribution is 2.27. The van der Waals surface area contributed by atoms with Gasteiger partial charge in [-0.3, -0.25) is 9.48 Å². The van der Waals surface area contributed by atoms with Crippen molar-refractivity contribution in [3.63, 3.8) is 0 Å². The Labute approximate surface area is 144 Å². The molecule has 0 atom stereocenters. The van der Waals surface area contributed by atoms with Crippen LogP contribution in [0.25, 0.3) is 0 Å². The third-order valence-corrected chi connectivity index (χ3v) is 3.68. The molecular formula is C14H20Cl2N4O3. The summed E-state index contributed by atoms with van der Waals surface area (Å²) in [6.07, 6.45) is 0.195. The number of alkyl halides is 2. The molecule has 0 fully saturated rings. The number of hydrogen-bond acceptors (Lipinski definition) is 4. The molecule has 1 N–H and O–H groups in total. The predicted molar refractivity (Wildman–Crippen MR) is 87.7 cm³/mol. The fourth-order valence-electron chi connectivity index (χ4n) is 2.31. The van der Waals surface area contributed by atoms with Gasteiger partial charge in [-0.15, -0.1) is 0 Å². The van der Waals surface area contributed by atoms with Gasteiger partial charge >= 0.3 is 6.09 Å². The molecule has 1 aromatic rings. The zero-order valence-electron chi connectivity index (χ0n) is 13.5. The largest absolute Gasteiger partial charge is 0.444 e. The molecule has 128 valence electrons. The number of rotatable bonds is 2. The minimum absolute atomic E-state index is 0.308. The van der Waals surface area contributed by atoms with Crippen molar-refractivity contribution in [1.29, 1.82) is 0 Å². The van der Waals surface area contributed by atoms with Crippen LogP contribution in [0, 0.1) is 0 Å². The Hall–Kier alpha value is -1.47. The van der Waals surface area contributed by atoms with Crippen molar-refractivity contribution in [1.82, 2.24) is 14.7 Å². The first-order valence-electron chi connectivity index (χ1n) is 7.20. The Balaban J connectivity index is 2.19. The maximum Gasteiger partial charge on any atom is 0.410 e. The van der Waals surface area contributed by atoms with Gasteiger partial charge in [0.1, 0.15) is 11.4 Å². The zero-order valence-corrected chi connectivity index (χ0v) is 15.0. The Morgan fingerprint density at radius 3 is 2.57 bits per heavy atom. The van der Waals surface area contributed by atoms with E-state index in [2.05, 4.69) is 10.4 Å². The minimum Gasteiger partial charge on any atom is -0.444 e. The molecule has 9 heteroatoms. The van der Waals surface area contributed by atoms with Gasteiger partial charge in [-0.25, -0.2) is 4.79 Å². The van der Waals surface area contributed by atoms with Gasteiger partial charge in [0.15, 0.2) is 4.84 Å². The molecule has 1 aromatic heterocycles. The second kappa shape index (κ2) is 6.57. The minimum atomic E-state index is -1.17. The fraction of sp³-hybridized carbons (Fsp3) is 0.643. The fourth-order valence-corrected chi connectivity index (χ4v) is 2.42. The van der Waals surface area contributed by atoms with E-state index in [1.165, 1.54) is 0 Å². The third kappa shape index (κ3) is 4.29. The van der Waals surface area contributed by atoms with Crippen molar-refractivity contribution < 1.29 is 14.3 Å². The van der Waals surface area contributed by atoms with Crippen molar-refractivity contribution in [2.24, 2.45) is 7.05 Å². The van der Waals surface area contributed by atoms with Gasteiger partial charge in [0, 0.05) is 25.6 Å². The molecule has 2 heterocycles. The molecule has 0 radical (unpaired) electrons. The summed E-state index contributed by atoms with van der Waals surface area (Å²) in [7, 11) is 1.71. The topological polar surface area (TPSA) is 76.5 Å². The van der Waals surface area contributed by atoms with Gasteiger partial charge in [0.2, 0.25) is 0 Å². The van der Waals surface area contributed by atoms with E-state index in [1.54, 1.807) is 16.6 Å². The number of aromatic nitrogens is 2. The maximum absolute atomic E-state index is 12.2.